The van der Waals surface area contributed by atoms with Crippen molar-refractivity contribution in [2.75, 3.05) is 45.7 Å². The minimum atomic E-state index is -0.769. The van der Waals surface area contributed by atoms with Crippen LogP contribution in [0.4, 0.5) is 10.1 Å². The molecule has 2 atom stereocenters. The van der Waals surface area contributed by atoms with E-state index in [9.17, 15) is 19.1 Å². The van der Waals surface area contributed by atoms with Crippen molar-refractivity contribution in [1.82, 2.24) is 14.8 Å². The van der Waals surface area contributed by atoms with E-state index in [1.165, 1.54) is 13.2 Å². The lowest BCUT2D eigenvalue weighted by molar-refractivity contribution is -0.132. The van der Waals surface area contributed by atoms with Crippen LogP contribution in [0.5, 0.6) is 11.5 Å². The third-order valence-corrected chi connectivity index (χ3v) is 7.93. The van der Waals surface area contributed by atoms with E-state index in [0.717, 1.165) is 41.4 Å². The summed E-state index contributed by atoms with van der Waals surface area (Å²) >= 11 is 0. The number of halogens is 1. The van der Waals surface area contributed by atoms with E-state index in [2.05, 4.69) is 9.88 Å². The molecule has 9 heteroatoms. The number of fused-ring (bicyclic) bond motifs is 3. The number of carbonyl (C=O) groups excluding carboxylic acids is 2. The number of phenols is 1. The van der Waals surface area contributed by atoms with E-state index < -0.39 is 11.6 Å². The van der Waals surface area contributed by atoms with Crippen LogP contribution in [0.1, 0.15) is 29.6 Å². The van der Waals surface area contributed by atoms with Crippen molar-refractivity contribution in [2.24, 2.45) is 5.92 Å². The Labute approximate surface area is 220 Å². The van der Waals surface area contributed by atoms with E-state index in [-0.39, 0.29) is 35.4 Å². The van der Waals surface area contributed by atoms with E-state index in [4.69, 9.17) is 4.74 Å². The number of carbonyl (C=O) groups is 2. The maximum absolute atomic E-state index is 14.5. The van der Waals surface area contributed by atoms with Gasteiger partial charge in [-0.2, -0.15) is 0 Å². The first kappa shape index (κ1) is 24.6. The number of likely N-dealkylation sites (tertiary alicyclic amines) is 1. The molecule has 0 radical (unpaired) electrons. The van der Waals surface area contributed by atoms with Gasteiger partial charge in [-0.15, -0.1) is 0 Å². The highest BCUT2D eigenvalue weighted by Gasteiger charge is 2.47. The Kier molecular flexibility index (Phi) is 5.98. The monoisotopic (exact) mass is 518 g/mol. The normalized spacial score (nSPS) is 20.6. The van der Waals surface area contributed by atoms with Gasteiger partial charge in [-0.05, 0) is 68.8 Å². The number of anilines is 1. The molecule has 2 unspecified atom stereocenters. The highest BCUT2D eigenvalue weighted by molar-refractivity contribution is 6.10. The van der Waals surface area contributed by atoms with Crippen molar-refractivity contribution in [2.45, 2.75) is 31.3 Å². The molecule has 198 valence electrons. The molecule has 1 aliphatic carbocycles. The number of pyridine rings is 1. The molecule has 38 heavy (non-hydrogen) atoms. The number of ketones is 1. The van der Waals surface area contributed by atoms with Gasteiger partial charge in [0, 0.05) is 36.6 Å². The summed E-state index contributed by atoms with van der Waals surface area (Å²) in [4.78, 5) is 37.0. The fourth-order valence-electron chi connectivity index (χ4n) is 5.92. The standard InChI is InChI=1S/C29H31FN4O4/c1-32(2)15-26(35)33-13-20-11-19(33)14-34(20)27-21-8-17(18-9-23(30)29(37)25(10-18)38-3)6-7-24(21)31-12-22(27)28(36)16-4-5-16/h6-10,12,16,19-20,37H,4-5,11,13-15H2,1-3H3. The quantitative estimate of drug-likeness (QED) is 0.478. The van der Waals surface area contributed by atoms with Crippen LogP contribution in [-0.2, 0) is 4.79 Å². The number of piperazine rings is 1. The highest BCUT2D eigenvalue weighted by Crippen LogP contribution is 2.44. The Morgan fingerprint density at radius 2 is 1.92 bits per heavy atom. The molecule has 1 saturated carbocycles. The van der Waals surface area contributed by atoms with Gasteiger partial charge in [-0.25, -0.2) is 4.39 Å². The van der Waals surface area contributed by atoms with Crippen molar-refractivity contribution in [3.63, 3.8) is 0 Å². The van der Waals surface area contributed by atoms with Gasteiger partial charge in [-0.1, -0.05) is 6.07 Å². The SMILES string of the molecule is COc1cc(-c2ccc3ncc(C(=O)C4CC4)c(N4CC5CC4CN5C(=O)CN(C)C)c3c2)cc(F)c1O. The van der Waals surface area contributed by atoms with Gasteiger partial charge in [0.2, 0.25) is 5.91 Å². The van der Waals surface area contributed by atoms with Gasteiger partial charge < -0.3 is 24.5 Å². The van der Waals surface area contributed by atoms with Crippen LogP contribution in [0.2, 0.25) is 0 Å². The summed E-state index contributed by atoms with van der Waals surface area (Å²) in [5.41, 5.74) is 3.48. The molecule has 2 saturated heterocycles. The summed E-state index contributed by atoms with van der Waals surface area (Å²) in [6.45, 7) is 1.65. The van der Waals surface area contributed by atoms with Crippen molar-refractivity contribution in [3.05, 3.63) is 47.9 Å². The summed E-state index contributed by atoms with van der Waals surface area (Å²) in [6, 6.07) is 8.74. The number of hydrogen-bond acceptors (Lipinski definition) is 7. The summed E-state index contributed by atoms with van der Waals surface area (Å²) in [5, 5.41) is 10.8. The molecule has 3 heterocycles. The molecule has 3 aliphatic rings. The maximum Gasteiger partial charge on any atom is 0.237 e. The number of Topliss-reactive ketones (excluding diaryl/α,β-unsaturated/α-hetero) is 1. The van der Waals surface area contributed by atoms with E-state index in [1.54, 1.807) is 12.3 Å². The number of methoxy groups -OCH3 is 1. The molecule has 2 bridgehead atoms. The molecule has 1 amide bonds. The fourth-order valence-corrected chi connectivity index (χ4v) is 5.92. The number of likely N-dealkylation sites (N-methyl/N-ethyl adjacent to an activating group) is 1. The van der Waals surface area contributed by atoms with E-state index in [1.807, 2.05) is 42.1 Å². The predicted molar refractivity (Wildman–Crippen MR) is 142 cm³/mol. The van der Waals surface area contributed by atoms with Gasteiger partial charge in [0.25, 0.3) is 0 Å². The zero-order valence-electron chi connectivity index (χ0n) is 21.8. The Morgan fingerprint density at radius 1 is 1.13 bits per heavy atom. The number of nitrogens with zero attached hydrogens (tertiary/aromatic N) is 4. The first-order valence-corrected chi connectivity index (χ1v) is 13.0. The molecule has 0 spiro atoms. The summed E-state index contributed by atoms with van der Waals surface area (Å²) in [6.07, 6.45) is 4.34. The number of rotatable bonds is 7. The Hall–Kier alpha value is -3.72. The number of aromatic hydroxyl groups is 1. The average Bonchev–Trinajstić information content (AvgIpc) is 3.56. The lowest BCUT2D eigenvalue weighted by Crippen LogP contribution is -2.51. The van der Waals surface area contributed by atoms with Crippen LogP contribution in [-0.4, -0.2) is 84.5 Å². The third kappa shape index (κ3) is 4.15. The smallest absolute Gasteiger partial charge is 0.237 e. The van der Waals surface area contributed by atoms with Crippen LogP contribution < -0.4 is 9.64 Å². The third-order valence-electron chi connectivity index (χ3n) is 7.93. The van der Waals surface area contributed by atoms with Crippen LogP contribution in [0.3, 0.4) is 0 Å². The minimum absolute atomic E-state index is 0.0320. The number of amides is 1. The number of phenolic OH excluding ortho intramolecular Hbond substituents is 1. The Bertz CT molecular complexity index is 1450. The Morgan fingerprint density at radius 3 is 2.58 bits per heavy atom. The first-order valence-electron chi connectivity index (χ1n) is 13.0. The van der Waals surface area contributed by atoms with Crippen LogP contribution >= 0.6 is 0 Å². The highest BCUT2D eigenvalue weighted by atomic mass is 19.1. The molecular formula is C29H31FN4O4. The van der Waals surface area contributed by atoms with Gasteiger partial charge in [0.05, 0.1) is 36.5 Å². The summed E-state index contributed by atoms with van der Waals surface area (Å²) in [7, 11) is 5.17. The molecule has 1 N–H and O–H groups in total. The summed E-state index contributed by atoms with van der Waals surface area (Å²) < 4.78 is 19.6. The first-order chi connectivity index (χ1) is 18.2. The van der Waals surface area contributed by atoms with E-state index in [0.29, 0.717) is 30.8 Å². The average molecular weight is 519 g/mol. The molecule has 6 rings (SSSR count). The number of ether oxygens (including phenoxy) is 1. The van der Waals surface area contributed by atoms with Crippen molar-refractivity contribution in [3.8, 4) is 22.6 Å². The fraction of sp³-hybridized carbons (Fsp3) is 0.414. The lowest BCUT2D eigenvalue weighted by Gasteiger charge is -2.37. The summed E-state index contributed by atoms with van der Waals surface area (Å²) in [5.74, 6) is -0.977. The number of aromatic nitrogens is 1. The molecular weight excluding hydrogens is 487 g/mol. The molecule has 2 aromatic carbocycles. The molecule has 1 aromatic heterocycles. The number of benzene rings is 2. The van der Waals surface area contributed by atoms with Crippen molar-refractivity contribution in [1.29, 1.82) is 0 Å². The van der Waals surface area contributed by atoms with Gasteiger partial charge in [0.1, 0.15) is 0 Å². The molecule has 8 nitrogen and oxygen atoms in total. The zero-order valence-corrected chi connectivity index (χ0v) is 21.8. The molecule has 3 aromatic rings. The predicted octanol–water partition coefficient (Wildman–Crippen LogP) is 3.70. The van der Waals surface area contributed by atoms with Crippen molar-refractivity contribution < 1.29 is 23.8 Å². The second-order valence-electron chi connectivity index (χ2n) is 10.9. The zero-order chi connectivity index (χ0) is 26.7. The maximum atomic E-state index is 14.5. The minimum Gasteiger partial charge on any atom is -0.502 e. The van der Waals surface area contributed by atoms with Gasteiger partial charge >= 0.3 is 0 Å². The molecule has 3 fully saturated rings. The Balaban J connectivity index is 1.44. The number of hydrogen-bond donors (Lipinski definition) is 1. The topological polar surface area (TPSA) is 86.2 Å². The van der Waals surface area contributed by atoms with Crippen LogP contribution in [0.25, 0.3) is 22.0 Å². The van der Waals surface area contributed by atoms with Gasteiger partial charge in [-0.3, -0.25) is 14.6 Å². The second kappa shape index (κ2) is 9.23. The lowest BCUT2D eigenvalue weighted by atomic mass is 9.97. The molecule has 2 aliphatic heterocycles. The van der Waals surface area contributed by atoms with Crippen LogP contribution in [0.15, 0.2) is 36.5 Å². The van der Waals surface area contributed by atoms with Gasteiger partial charge in [0.15, 0.2) is 23.1 Å². The largest absolute Gasteiger partial charge is 0.502 e. The van der Waals surface area contributed by atoms with Crippen LogP contribution in [0, 0.1) is 11.7 Å². The van der Waals surface area contributed by atoms with Crippen molar-refractivity contribution >= 4 is 28.3 Å². The second-order valence-corrected chi connectivity index (χ2v) is 10.9. The van der Waals surface area contributed by atoms with E-state index >= 15 is 0 Å².